The largest absolute Gasteiger partial charge is 0.355 e. The minimum atomic E-state index is 0.745. The number of benzene rings is 11. The fraction of sp³-hybridized carbons (Fsp3) is 0. The average Bonchev–Trinajstić information content (AvgIpc) is 3.42. The first-order valence-electron chi connectivity index (χ1n) is 23.4. The zero-order valence-electron chi connectivity index (χ0n) is 37.5. The van der Waals surface area contributed by atoms with Gasteiger partial charge in [0.1, 0.15) is 0 Å². The second-order valence-corrected chi connectivity index (χ2v) is 17.4. The van der Waals surface area contributed by atoms with Gasteiger partial charge in [-0.2, -0.15) is 0 Å². The van der Waals surface area contributed by atoms with Crippen LogP contribution >= 0.6 is 0 Å². The van der Waals surface area contributed by atoms with Crippen LogP contribution in [0.25, 0.3) is 55.3 Å². The van der Waals surface area contributed by atoms with Crippen LogP contribution in [0.5, 0.6) is 0 Å². The van der Waals surface area contributed by atoms with Crippen molar-refractivity contribution in [2.75, 3.05) is 15.1 Å². The molecule has 0 radical (unpaired) electrons. The molecule has 0 atom stereocenters. The third-order valence-electron chi connectivity index (χ3n) is 13.2. The first kappa shape index (κ1) is 40.6. The van der Waals surface area contributed by atoms with Gasteiger partial charge < -0.3 is 15.1 Å². The predicted molar refractivity (Wildman–Crippen MR) is 291 cm³/mol. The highest BCUT2D eigenvalue weighted by atomic mass is 15.2. The number of nitrogens with zero attached hydrogens (tertiary/aromatic N) is 2. The van der Waals surface area contributed by atoms with Gasteiger partial charge in [-0.3, -0.25) is 0 Å². The highest BCUT2D eigenvalue weighted by Crippen LogP contribution is 2.46. The van der Waals surface area contributed by atoms with E-state index in [0.29, 0.717) is 0 Å². The van der Waals surface area contributed by atoms with E-state index in [1.165, 1.54) is 66.3 Å². The molecular formula is C64H46BN3. The van der Waals surface area contributed by atoms with Crippen molar-refractivity contribution in [2.45, 2.75) is 0 Å². The fourth-order valence-corrected chi connectivity index (χ4v) is 9.98. The van der Waals surface area contributed by atoms with Crippen LogP contribution in [0.15, 0.2) is 267 Å². The van der Waals surface area contributed by atoms with Crippen molar-refractivity contribution < 1.29 is 0 Å². The van der Waals surface area contributed by atoms with E-state index in [-0.39, 0.29) is 0 Å². The van der Waals surface area contributed by atoms with Crippen LogP contribution in [-0.4, -0.2) is 7.28 Å². The maximum absolute atomic E-state index is 3.93. The van der Waals surface area contributed by atoms with Crippen molar-refractivity contribution in [1.29, 1.82) is 0 Å². The number of anilines is 8. The molecule has 4 heteroatoms. The van der Waals surface area contributed by atoms with E-state index in [9.17, 15) is 0 Å². The van der Waals surface area contributed by atoms with Gasteiger partial charge in [0.15, 0.2) is 7.28 Å². The molecule has 3 nitrogen and oxygen atoms in total. The summed E-state index contributed by atoms with van der Waals surface area (Å²) in [7, 11) is 0.745. The molecule has 0 spiro atoms. The Morgan fingerprint density at radius 1 is 0.368 bits per heavy atom. The molecule has 0 aliphatic carbocycles. The molecule has 0 fully saturated rings. The summed E-state index contributed by atoms with van der Waals surface area (Å²) in [6, 6.07) is 96.6. The van der Waals surface area contributed by atoms with Gasteiger partial charge in [-0.1, -0.05) is 194 Å². The highest BCUT2D eigenvalue weighted by Gasteiger charge is 2.31. The monoisotopic (exact) mass is 867 g/mol. The maximum atomic E-state index is 3.93. The lowest BCUT2D eigenvalue weighted by atomic mass is 9.57. The van der Waals surface area contributed by atoms with E-state index in [1.54, 1.807) is 0 Å². The van der Waals surface area contributed by atoms with Gasteiger partial charge in [-0.05, 0) is 129 Å². The Kier molecular flexibility index (Phi) is 10.7. The van der Waals surface area contributed by atoms with Gasteiger partial charge in [0.25, 0.3) is 0 Å². The number of hydrogen-bond acceptors (Lipinski definition) is 3. The molecule has 0 unspecified atom stereocenters. The zero-order valence-corrected chi connectivity index (χ0v) is 37.5. The first-order valence-corrected chi connectivity index (χ1v) is 23.4. The van der Waals surface area contributed by atoms with Gasteiger partial charge in [-0.15, -0.1) is 0 Å². The molecule has 11 aromatic rings. The quantitative estimate of drug-likeness (QED) is 0.138. The molecule has 1 aliphatic rings. The molecule has 68 heavy (non-hydrogen) atoms. The third kappa shape index (κ3) is 7.78. The zero-order chi connectivity index (χ0) is 45.2. The molecule has 0 aromatic heterocycles. The summed E-state index contributed by atoms with van der Waals surface area (Å²) in [6.07, 6.45) is 0. The number of nitrogens with one attached hydrogen (secondary N) is 1. The molecule has 1 aliphatic heterocycles. The molecule has 0 amide bonds. The fourth-order valence-electron chi connectivity index (χ4n) is 9.98. The highest BCUT2D eigenvalue weighted by molar-refractivity contribution is 6.74. The van der Waals surface area contributed by atoms with Crippen LogP contribution in [0.3, 0.4) is 0 Å². The summed E-state index contributed by atoms with van der Waals surface area (Å²) in [6.45, 7) is 0. The summed E-state index contributed by atoms with van der Waals surface area (Å²) in [4.78, 5) is 4.91. The molecule has 1 heterocycles. The smallest absolute Gasteiger partial charge is 0.198 e. The van der Waals surface area contributed by atoms with E-state index < -0.39 is 0 Å². The molecule has 11 aromatic carbocycles. The van der Waals surface area contributed by atoms with Gasteiger partial charge in [-0.25, -0.2) is 0 Å². The summed E-state index contributed by atoms with van der Waals surface area (Å²) < 4.78 is 0. The van der Waals surface area contributed by atoms with E-state index in [1.807, 2.05) is 0 Å². The number of para-hydroxylation sites is 2. The number of rotatable bonds is 10. The predicted octanol–water partition coefficient (Wildman–Crippen LogP) is 15.9. The SMILES string of the molecule is B1c2ccc(N(c3ccccc3)c3ccccc3)cc2N(c2cccc(-c3ccccc3)c2)c2c1c(-c1cc(-c3ccccc3)ccc1Nc1cccc(-c3ccccc3)c1)cc1ccccc21. The van der Waals surface area contributed by atoms with Crippen molar-refractivity contribution in [3.8, 4) is 44.5 Å². The Balaban J connectivity index is 1.10. The maximum Gasteiger partial charge on any atom is 0.198 e. The minimum absolute atomic E-state index is 0.745. The molecule has 12 rings (SSSR count). The molecule has 320 valence electrons. The molecular weight excluding hydrogens is 822 g/mol. The Labute approximate surface area is 399 Å². The van der Waals surface area contributed by atoms with E-state index in [4.69, 9.17) is 0 Å². The standard InChI is InChI=1S/C64H46BN3/c1-6-20-45(21-7-1)48-27-18-29-52(40-48)66-61-39-36-50(47-24-10-3-11-25-47)42-58(61)59-43-51-26-16-17-35-57(51)64-63(59)65-60-38-37-56(67(53-30-12-4-13-31-53)54-32-14-5-15-33-54)44-62(60)68(64)55-34-19-28-49(41-55)46-22-8-2-9-23-46/h1-44,65-66H. The van der Waals surface area contributed by atoms with Gasteiger partial charge in [0.05, 0.1) is 0 Å². The summed E-state index contributed by atoms with van der Waals surface area (Å²) in [5.74, 6) is 0. The lowest BCUT2D eigenvalue weighted by Gasteiger charge is -2.37. The van der Waals surface area contributed by atoms with Crippen molar-refractivity contribution in [2.24, 2.45) is 0 Å². The van der Waals surface area contributed by atoms with Crippen LogP contribution in [-0.2, 0) is 0 Å². The van der Waals surface area contributed by atoms with Gasteiger partial charge in [0, 0.05) is 56.4 Å². The van der Waals surface area contributed by atoms with Crippen molar-refractivity contribution in [3.05, 3.63) is 267 Å². The topological polar surface area (TPSA) is 18.5 Å². The molecule has 0 bridgehead atoms. The van der Waals surface area contributed by atoms with Gasteiger partial charge in [0.2, 0.25) is 0 Å². The molecule has 1 N–H and O–H groups in total. The number of hydrogen-bond donors (Lipinski definition) is 1. The van der Waals surface area contributed by atoms with Crippen LogP contribution in [0.2, 0.25) is 0 Å². The van der Waals surface area contributed by atoms with Crippen LogP contribution in [0.1, 0.15) is 0 Å². The summed E-state index contributed by atoms with van der Waals surface area (Å²) in [5, 5.41) is 6.33. The summed E-state index contributed by atoms with van der Waals surface area (Å²) >= 11 is 0. The normalized spacial score (nSPS) is 11.6. The second kappa shape index (κ2) is 17.8. The lowest BCUT2D eigenvalue weighted by molar-refractivity contribution is 1.26. The lowest BCUT2D eigenvalue weighted by Crippen LogP contribution is -2.41. The Morgan fingerprint density at radius 3 is 1.56 bits per heavy atom. The van der Waals surface area contributed by atoms with E-state index in [2.05, 4.69) is 282 Å². The Bertz CT molecular complexity index is 3520. The number of fused-ring (bicyclic) bond motifs is 4. The molecule has 0 saturated heterocycles. The van der Waals surface area contributed by atoms with E-state index >= 15 is 0 Å². The van der Waals surface area contributed by atoms with Gasteiger partial charge >= 0.3 is 0 Å². The van der Waals surface area contributed by atoms with Crippen LogP contribution in [0.4, 0.5) is 45.5 Å². The Morgan fingerprint density at radius 2 is 0.912 bits per heavy atom. The van der Waals surface area contributed by atoms with Crippen molar-refractivity contribution in [3.63, 3.8) is 0 Å². The summed E-state index contributed by atoms with van der Waals surface area (Å²) in [5.41, 5.74) is 20.8. The Hall–Kier alpha value is -8.86. The minimum Gasteiger partial charge on any atom is -0.355 e. The van der Waals surface area contributed by atoms with E-state index in [0.717, 1.165) is 52.7 Å². The van der Waals surface area contributed by atoms with Crippen LogP contribution in [0, 0.1) is 0 Å². The average molecular weight is 868 g/mol. The first-order chi connectivity index (χ1) is 33.7. The van der Waals surface area contributed by atoms with Crippen molar-refractivity contribution in [1.82, 2.24) is 0 Å². The van der Waals surface area contributed by atoms with Crippen LogP contribution < -0.4 is 26.0 Å². The molecule has 0 saturated carbocycles. The van der Waals surface area contributed by atoms with Crippen molar-refractivity contribution >= 4 is 74.5 Å². The second-order valence-electron chi connectivity index (χ2n) is 17.4. The third-order valence-corrected chi connectivity index (χ3v) is 13.2.